The summed E-state index contributed by atoms with van der Waals surface area (Å²) >= 11 is 1.46. The molecular weight excluding hydrogens is 250 g/mol. The number of aryl methyl sites for hydroxylation is 1. The Morgan fingerprint density at radius 2 is 2.39 bits per heavy atom. The molecule has 0 aliphatic rings. The second kappa shape index (κ2) is 5.32. The maximum absolute atomic E-state index is 12.3. The van der Waals surface area contributed by atoms with Crippen LogP contribution in [0.5, 0.6) is 0 Å². The molecule has 0 bridgehead atoms. The van der Waals surface area contributed by atoms with Crippen LogP contribution in [0.25, 0.3) is 0 Å². The molecule has 0 radical (unpaired) electrons. The zero-order valence-electron chi connectivity index (χ0n) is 10.3. The summed E-state index contributed by atoms with van der Waals surface area (Å²) in [6.07, 6.45) is 1.44. The molecule has 0 saturated carbocycles. The number of nitrogens with two attached hydrogens (primary N) is 1. The molecule has 2 heterocycles. The number of furan rings is 1. The van der Waals surface area contributed by atoms with Gasteiger partial charge in [-0.05, 0) is 19.9 Å². The van der Waals surface area contributed by atoms with Crippen LogP contribution in [0.4, 0.5) is 5.13 Å². The number of thiazole rings is 1. The highest BCUT2D eigenvalue weighted by molar-refractivity contribution is 7.14. The lowest BCUT2D eigenvalue weighted by Gasteiger charge is -2.16. The van der Waals surface area contributed by atoms with Crippen molar-refractivity contribution in [2.45, 2.75) is 20.4 Å². The molecule has 5 nitrogen and oxygen atoms in total. The van der Waals surface area contributed by atoms with Crippen LogP contribution in [0, 0.1) is 6.92 Å². The standard InChI is InChI=1S/C12H15N3O2S/c1-3-15(12-14-8(2)7-18-12)11(16)9-4-10(5-13)17-6-9/h4,6-7H,3,5,13H2,1-2H3. The smallest absolute Gasteiger partial charge is 0.263 e. The lowest BCUT2D eigenvalue weighted by molar-refractivity contribution is 0.0987. The summed E-state index contributed by atoms with van der Waals surface area (Å²) in [5.41, 5.74) is 6.88. The van der Waals surface area contributed by atoms with Crippen LogP contribution in [0.2, 0.25) is 0 Å². The van der Waals surface area contributed by atoms with Crippen LogP contribution in [0.3, 0.4) is 0 Å². The fourth-order valence-corrected chi connectivity index (χ4v) is 2.45. The van der Waals surface area contributed by atoms with Gasteiger partial charge in [0.15, 0.2) is 5.13 Å². The molecule has 0 unspecified atom stereocenters. The number of hydrogen-bond donors (Lipinski definition) is 1. The van der Waals surface area contributed by atoms with Gasteiger partial charge in [-0.2, -0.15) is 0 Å². The van der Waals surface area contributed by atoms with E-state index in [9.17, 15) is 4.79 Å². The summed E-state index contributed by atoms with van der Waals surface area (Å²) in [6.45, 7) is 4.67. The van der Waals surface area contributed by atoms with Crippen LogP contribution in [0.1, 0.15) is 28.7 Å². The second-order valence-electron chi connectivity index (χ2n) is 3.83. The van der Waals surface area contributed by atoms with Crippen molar-refractivity contribution in [3.8, 4) is 0 Å². The highest BCUT2D eigenvalue weighted by Crippen LogP contribution is 2.22. The summed E-state index contributed by atoms with van der Waals surface area (Å²) in [5.74, 6) is 0.486. The van der Waals surface area contributed by atoms with E-state index in [4.69, 9.17) is 10.2 Å². The molecule has 96 valence electrons. The van der Waals surface area contributed by atoms with E-state index >= 15 is 0 Å². The molecule has 2 aromatic heterocycles. The molecule has 2 aromatic rings. The van der Waals surface area contributed by atoms with Gasteiger partial charge in [-0.15, -0.1) is 11.3 Å². The van der Waals surface area contributed by atoms with Crippen molar-refractivity contribution < 1.29 is 9.21 Å². The van der Waals surface area contributed by atoms with E-state index < -0.39 is 0 Å². The molecule has 18 heavy (non-hydrogen) atoms. The number of carbonyl (C=O) groups is 1. The van der Waals surface area contributed by atoms with Gasteiger partial charge < -0.3 is 10.2 Å². The minimum atomic E-state index is -0.115. The van der Waals surface area contributed by atoms with E-state index in [1.54, 1.807) is 11.0 Å². The Bertz CT molecular complexity index is 547. The minimum Gasteiger partial charge on any atom is -0.467 e. The Morgan fingerprint density at radius 1 is 1.61 bits per heavy atom. The summed E-state index contributed by atoms with van der Waals surface area (Å²) in [5, 5.41) is 2.63. The highest BCUT2D eigenvalue weighted by atomic mass is 32.1. The van der Waals surface area contributed by atoms with Crippen molar-refractivity contribution >= 4 is 22.4 Å². The van der Waals surface area contributed by atoms with Gasteiger partial charge in [-0.3, -0.25) is 9.69 Å². The molecule has 2 N–H and O–H groups in total. The first kappa shape index (κ1) is 12.8. The number of amides is 1. The van der Waals surface area contributed by atoms with Gasteiger partial charge in [-0.1, -0.05) is 0 Å². The van der Waals surface area contributed by atoms with Gasteiger partial charge in [0.1, 0.15) is 12.0 Å². The van der Waals surface area contributed by atoms with E-state index in [-0.39, 0.29) is 12.5 Å². The quantitative estimate of drug-likeness (QED) is 0.919. The predicted octanol–water partition coefficient (Wildman–Crippen LogP) is 2.17. The number of hydrogen-bond acceptors (Lipinski definition) is 5. The SMILES string of the molecule is CCN(C(=O)c1coc(CN)c1)c1nc(C)cs1. The lowest BCUT2D eigenvalue weighted by atomic mass is 10.2. The van der Waals surface area contributed by atoms with Crippen molar-refractivity contribution in [1.82, 2.24) is 4.98 Å². The van der Waals surface area contributed by atoms with Gasteiger partial charge in [0.25, 0.3) is 5.91 Å². The number of anilines is 1. The largest absolute Gasteiger partial charge is 0.467 e. The fourth-order valence-electron chi connectivity index (χ4n) is 1.59. The first-order valence-corrected chi connectivity index (χ1v) is 6.55. The van der Waals surface area contributed by atoms with Crippen molar-refractivity contribution in [3.63, 3.8) is 0 Å². The molecule has 0 fully saturated rings. The molecule has 0 aliphatic heterocycles. The number of nitrogens with zero attached hydrogens (tertiary/aromatic N) is 2. The van der Waals surface area contributed by atoms with Gasteiger partial charge in [0.2, 0.25) is 0 Å². The Morgan fingerprint density at radius 3 is 2.89 bits per heavy atom. The Labute approximate surface area is 109 Å². The van der Waals surface area contributed by atoms with Crippen LogP contribution in [0.15, 0.2) is 22.1 Å². The molecule has 0 saturated heterocycles. The van der Waals surface area contributed by atoms with Crippen LogP contribution >= 0.6 is 11.3 Å². The average Bonchev–Trinajstić information content (AvgIpc) is 2.99. The van der Waals surface area contributed by atoms with E-state index in [0.717, 1.165) is 5.69 Å². The molecule has 2 rings (SSSR count). The maximum Gasteiger partial charge on any atom is 0.263 e. The van der Waals surface area contributed by atoms with Crippen molar-refractivity contribution in [2.75, 3.05) is 11.4 Å². The molecule has 1 amide bonds. The predicted molar refractivity (Wildman–Crippen MR) is 70.8 cm³/mol. The fraction of sp³-hybridized carbons (Fsp3) is 0.333. The van der Waals surface area contributed by atoms with Crippen molar-refractivity contribution in [2.24, 2.45) is 5.73 Å². The zero-order chi connectivity index (χ0) is 13.1. The summed E-state index contributed by atoms with van der Waals surface area (Å²) < 4.78 is 5.18. The summed E-state index contributed by atoms with van der Waals surface area (Å²) in [4.78, 5) is 18.3. The van der Waals surface area contributed by atoms with Crippen LogP contribution in [-0.2, 0) is 6.54 Å². The Hall–Kier alpha value is -1.66. The van der Waals surface area contributed by atoms with Gasteiger partial charge in [0, 0.05) is 11.9 Å². The summed E-state index contributed by atoms with van der Waals surface area (Å²) in [7, 11) is 0. The van der Waals surface area contributed by atoms with Crippen molar-refractivity contribution in [1.29, 1.82) is 0 Å². The molecule has 0 spiro atoms. The van der Waals surface area contributed by atoms with E-state index in [0.29, 0.717) is 23.0 Å². The number of carbonyl (C=O) groups excluding carboxylic acids is 1. The first-order chi connectivity index (χ1) is 8.65. The molecule has 0 atom stereocenters. The number of aromatic nitrogens is 1. The Kier molecular flexibility index (Phi) is 3.78. The van der Waals surface area contributed by atoms with Gasteiger partial charge in [-0.25, -0.2) is 4.98 Å². The zero-order valence-corrected chi connectivity index (χ0v) is 11.2. The van der Waals surface area contributed by atoms with E-state index in [2.05, 4.69) is 4.98 Å². The third-order valence-corrected chi connectivity index (χ3v) is 3.48. The average molecular weight is 265 g/mol. The maximum atomic E-state index is 12.3. The molecule has 6 heteroatoms. The molecule has 0 aliphatic carbocycles. The van der Waals surface area contributed by atoms with E-state index in [1.807, 2.05) is 19.2 Å². The number of rotatable bonds is 4. The van der Waals surface area contributed by atoms with Gasteiger partial charge in [0.05, 0.1) is 17.8 Å². The normalized spacial score (nSPS) is 10.6. The lowest BCUT2D eigenvalue weighted by Crippen LogP contribution is -2.30. The monoisotopic (exact) mass is 265 g/mol. The minimum absolute atomic E-state index is 0.115. The van der Waals surface area contributed by atoms with Gasteiger partial charge >= 0.3 is 0 Å². The highest BCUT2D eigenvalue weighted by Gasteiger charge is 2.20. The summed E-state index contributed by atoms with van der Waals surface area (Å²) in [6, 6.07) is 1.67. The third-order valence-electron chi connectivity index (χ3n) is 2.50. The van der Waals surface area contributed by atoms with Crippen LogP contribution < -0.4 is 10.6 Å². The Balaban J connectivity index is 2.25. The first-order valence-electron chi connectivity index (χ1n) is 5.67. The molecular formula is C12H15N3O2S. The second-order valence-corrected chi connectivity index (χ2v) is 4.66. The third kappa shape index (κ3) is 2.44. The van der Waals surface area contributed by atoms with E-state index in [1.165, 1.54) is 17.6 Å². The molecule has 0 aromatic carbocycles. The van der Waals surface area contributed by atoms with Crippen molar-refractivity contribution in [3.05, 3.63) is 34.7 Å². The van der Waals surface area contributed by atoms with Crippen LogP contribution in [-0.4, -0.2) is 17.4 Å². The topological polar surface area (TPSA) is 72.4 Å².